The predicted octanol–water partition coefficient (Wildman–Crippen LogP) is 4.18. The van der Waals surface area contributed by atoms with Crippen molar-refractivity contribution < 1.29 is 14.4 Å². The van der Waals surface area contributed by atoms with Gasteiger partial charge in [-0.2, -0.15) is 5.26 Å². The number of hydrogen-bond donors (Lipinski definition) is 0. The van der Waals surface area contributed by atoms with E-state index in [1.807, 2.05) is 30.3 Å². The number of carbonyl (C=O) groups excluding carboxylic acids is 3. The Balaban J connectivity index is 1.56. The van der Waals surface area contributed by atoms with E-state index in [0.717, 1.165) is 11.1 Å². The topological polar surface area (TPSA) is 81.5 Å². The quantitative estimate of drug-likeness (QED) is 0.412. The highest BCUT2D eigenvalue weighted by Crippen LogP contribution is 2.26. The van der Waals surface area contributed by atoms with Crippen LogP contribution in [0.15, 0.2) is 85.5 Å². The van der Waals surface area contributed by atoms with E-state index in [0.29, 0.717) is 29.8 Å². The highest BCUT2D eigenvalue weighted by Gasteiger charge is 2.36. The summed E-state index contributed by atoms with van der Waals surface area (Å²) in [6.07, 6.45) is 1.63. The number of fused-ring (bicyclic) bond motifs is 1. The number of rotatable bonds is 7. The number of imide groups is 1. The Labute approximate surface area is 192 Å². The molecule has 0 N–H and O–H groups in total. The number of nitrogens with zero attached hydrogens (tertiary/aromatic N) is 3. The number of benzene rings is 3. The van der Waals surface area contributed by atoms with E-state index in [-0.39, 0.29) is 23.9 Å². The molecule has 6 nitrogen and oxygen atoms in total. The van der Waals surface area contributed by atoms with Crippen LogP contribution in [0.1, 0.15) is 47.8 Å². The van der Waals surface area contributed by atoms with E-state index in [2.05, 4.69) is 12.6 Å². The van der Waals surface area contributed by atoms with E-state index >= 15 is 0 Å². The standard InChI is InChI=1S/C27H21N3O3/c1-2-14-29(17-21-10-8-19(16-28)9-11-21)25(31)22-12-13-23-24(15-22)27(33)30(26(23)32)18-20-6-4-3-5-7-20/h2-13,15H,1,14,17-18H2. The zero-order valence-corrected chi connectivity index (χ0v) is 17.9. The fourth-order valence-corrected chi connectivity index (χ4v) is 3.80. The van der Waals surface area contributed by atoms with Gasteiger partial charge in [0.25, 0.3) is 17.7 Å². The minimum atomic E-state index is -0.407. The fourth-order valence-electron chi connectivity index (χ4n) is 3.80. The summed E-state index contributed by atoms with van der Waals surface area (Å²) < 4.78 is 0. The van der Waals surface area contributed by atoms with Gasteiger partial charge < -0.3 is 4.90 Å². The molecule has 0 bridgehead atoms. The van der Waals surface area contributed by atoms with Crippen molar-refractivity contribution in [3.63, 3.8) is 0 Å². The summed E-state index contributed by atoms with van der Waals surface area (Å²) >= 11 is 0. The Kier molecular flexibility index (Phi) is 6.14. The van der Waals surface area contributed by atoms with Gasteiger partial charge >= 0.3 is 0 Å². The van der Waals surface area contributed by atoms with Gasteiger partial charge in [0.1, 0.15) is 0 Å². The van der Waals surface area contributed by atoms with Crippen molar-refractivity contribution in [1.29, 1.82) is 5.26 Å². The molecule has 0 aromatic heterocycles. The van der Waals surface area contributed by atoms with Gasteiger partial charge in [0.05, 0.1) is 29.3 Å². The van der Waals surface area contributed by atoms with Crippen LogP contribution in [0.4, 0.5) is 0 Å². The first-order valence-electron chi connectivity index (χ1n) is 10.4. The van der Waals surface area contributed by atoms with Crippen molar-refractivity contribution in [3.8, 4) is 6.07 Å². The first kappa shape index (κ1) is 21.7. The van der Waals surface area contributed by atoms with E-state index in [9.17, 15) is 14.4 Å². The molecule has 1 aliphatic heterocycles. The van der Waals surface area contributed by atoms with Crippen molar-refractivity contribution in [2.24, 2.45) is 0 Å². The van der Waals surface area contributed by atoms with Crippen LogP contribution in [0.2, 0.25) is 0 Å². The molecule has 0 fully saturated rings. The third-order valence-corrected chi connectivity index (χ3v) is 5.49. The Morgan fingerprint density at radius 2 is 1.64 bits per heavy atom. The lowest BCUT2D eigenvalue weighted by atomic mass is 10.0. The lowest BCUT2D eigenvalue weighted by Gasteiger charge is -2.21. The van der Waals surface area contributed by atoms with Crippen LogP contribution in [0.25, 0.3) is 0 Å². The highest BCUT2D eigenvalue weighted by molar-refractivity contribution is 6.22. The van der Waals surface area contributed by atoms with Crippen molar-refractivity contribution in [2.45, 2.75) is 13.1 Å². The molecule has 1 aliphatic rings. The number of nitriles is 1. The van der Waals surface area contributed by atoms with Crippen LogP contribution >= 0.6 is 0 Å². The zero-order valence-electron chi connectivity index (χ0n) is 17.9. The second-order valence-corrected chi connectivity index (χ2v) is 7.73. The van der Waals surface area contributed by atoms with Crippen molar-refractivity contribution in [2.75, 3.05) is 6.54 Å². The monoisotopic (exact) mass is 435 g/mol. The van der Waals surface area contributed by atoms with Gasteiger partial charge in [-0.3, -0.25) is 19.3 Å². The lowest BCUT2D eigenvalue weighted by molar-refractivity contribution is 0.0642. The van der Waals surface area contributed by atoms with Gasteiger partial charge in [0.2, 0.25) is 0 Å². The molecule has 0 saturated carbocycles. The predicted molar refractivity (Wildman–Crippen MR) is 123 cm³/mol. The molecule has 0 atom stereocenters. The second kappa shape index (κ2) is 9.33. The average molecular weight is 435 g/mol. The average Bonchev–Trinajstić information content (AvgIpc) is 3.08. The first-order chi connectivity index (χ1) is 16.0. The van der Waals surface area contributed by atoms with Gasteiger partial charge in [-0.05, 0) is 41.5 Å². The summed E-state index contributed by atoms with van der Waals surface area (Å²) in [5.41, 5.74) is 3.12. The van der Waals surface area contributed by atoms with Crippen molar-refractivity contribution in [1.82, 2.24) is 9.80 Å². The minimum absolute atomic E-state index is 0.178. The fraction of sp³-hybridized carbons (Fsp3) is 0.111. The second-order valence-electron chi connectivity index (χ2n) is 7.73. The van der Waals surface area contributed by atoms with Crippen LogP contribution in [-0.2, 0) is 13.1 Å². The maximum atomic E-state index is 13.2. The van der Waals surface area contributed by atoms with E-state index in [1.165, 1.54) is 11.0 Å². The third kappa shape index (κ3) is 4.43. The van der Waals surface area contributed by atoms with Crippen LogP contribution in [0.3, 0.4) is 0 Å². The highest BCUT2D eigenvalue weighted by atomic mass is 16.2. The molecular formula is C27H21N3O3. The van der Waals surface area contributed by atoms with E-state index in [1.54, 1.807) is 47.4 Å². The largest absolute Gasteiger partial charge is 0.331 e. The molecular weight excluding hydrogens is 414 g/mol. The van der Waals surface area contributed by atoms with E-state index in [4.69, 9.17) is 5.26 Å². The summed E-state index contributed by atoms with van der Waals surface area (Å²) in [6.45, 7) is 4.54. The SMILES string of the molecule is C=CCN(Cc1ccc(C#N)cc1)C(=O)c1ccc2c(c1)C(=O)N(Cc1ccccc1)C2=O. The maximum absolute atomic E-state index is 13.2. The van der Waals surface area contributed by atoms with Gasteiger partial charge in [0.15, 0.2) is 0 Å². The molecule has 0 radical (unpaired) electrons. The normalized spacial score (nSPS) is 12.3. The number of carbonyl (C=O) groups is 3. The molecule has 0 unspecified atom stereocenters. The number of amides is 3. The first-order valence-corrected chi connectivity index (χ1v) is 10.4. The molecule has 4 rings (SSSR count). The van der Waals surface area contributed by atoms with Crippen LogP contribution in [0.5, 0.6) is 0 Å². The molecule has 0 saturated heterocycles. The van der Waals surface area contributed by atoms with Crippen LogP contribution in [0, 0.1) is 11.3 Å². The maximum Gasteiger partial charge on any atom is 0.261 e. The smallest absolute Gasteiger partial charge is 0.261 e. The molecule has 0 aliphatic carbocycles. The number of hydrogen-bond acceptors (Lipinski definition) is 4. The Hall–Kier alpha value is -4.50. The molecule has 0 spiro atoms. The zero-order chi connectivity index (χ0) is 23.4. The van der Waals surface area contributed by atoms with Crippen molar-refractivity contribution >= 4 is 17.7 Å². The van der Waals surface area contributed by atoms with Gasteiger partial charge in [-0.25, -0.2) is 0 Å². The van der Waals surface area contributed by atoms with Crippen LogP contribution < -0.4 is 0 Å². The van der Waals surface area contributed by atoms with Gasteiger partial charge in [-0.15, -0.1) is 6.58 Å². The Morgan fingerprint density at radius 1 is 0.939 bits per heavy atom. The molecule has 3 aromatic rings. The lowest BCUT2D eigenvalue weighted by Crippen LogP contribution is -2.31. The summed E-state index contributed by atoms with van der Waals surface area (Å²) in [7, 11) is 0. The summed E-state index contributed by atoms with van der Waals surface area (Å²) in [6, 6.07) is 23.0. The third-order valence-electron chi connectivity index (χ3n) is 5.49. The summed E-state index contributed by atoms with van der Waals surface area (Å²) in [5.74, 6) is -1.04. The summed E-state index contributed by atoms with van der Waals surface area (Å²) in [4.78, 5) is 41.8. The Bertz CT molecular complexity index is 1270. The van der Waals surface area contributed by atoms with Crippen LogP contribution in [-0.4, -0.2) is 34.1 Å². The molecule has 33 heavy (non-hydrogen) atoms. The van der Waals surface area contributed by atoms with Gasteiger partial charge in [-0.1, -0.05) is 48.5 Å². The Morgan fingerprint density at radius 3 is 2.30 bits per heavy atom. The molecule has 3 aromatic carbocycles. The molecule has 162 valence electrons. The molecule has 1 heterocycles. The minimum Gasteiger partial charge on any atom is -0.331 e. The van der Waals surface area contributed by atoms with Crippen molar-refractivity contribution in [3.05, 3.63) is 119 Å². The summed E-state index contributed by atoms with van der Waals surface area (Å²) in [5, 5.41) is 8.97. The van der Waals surface area contributed by atoms with E-state index < -0.39 is 5.91 Å². The molecule has 6 heteroatoms. The molecule has 3 amide bonds. The van der Waals surface area contributed by atoms with Gasteiger partial charge in [0, 0.05) is 18.7 Å².